The normalized spacial score (nSPS) is 10.1. The monoisotopic (exact) mass is 304 g/mol. The van der Waals surface area contributed by atoms with E-state index in [0.717, 1.165) is 10.0 Å². The number of hydrogen-bond acceptors (Lipinski definition) is 2. The molecule has 1 aromatic carbocycles. The van der Waals surface area contributed by atoms with E-state index in [9.17, 15) is 4.79 Å². The summed E-state index contributed by atoms with van der Waals surface area (Å²) in [6.07, 6.45) is 3.25. The largest absolute Gasteiger partial charge is 0.337 e. The number of benzene rings is 1. The molecule has 1 amide bonds. The van der Waals surface area contributed by atoms with Gasteiger partial charge in [0.25, 0.3) is 5.91 Å². The minimum atomic E-state index is 0.000295. The first-order valence-corrected chi connectivity index (χ1v) is 6.36. The van der Waals surface area contributed by atoms with Crippen molar-refractivity contribution in [3.05, 3.63) is 64.4 Å². The molecule has 0 radical (unpaired) electrons. The molecule has 0 aliphatic rings. The zero-order valence-electron chi connectivity index (χ0n) is 10.0. The number of hydrogen-bond donors (Lipinski definition) is 0. The third-order valence-corrected chi connectivity index (χ3v) is 3.14. The molecule has 0 aliphatic carbocycles. The summed E-state index contributed by atoms with van der Waals surface area (Å²) in [5, 5.41) is 0. The highest BCUT2D eigenvalue weighted by atomic mass is 79.9. The number of aromatic nitrogens is 1. The minimum absolute atomic E-state index is 0.000295. The number of rotatable bonds is 3. The van der Waals surface area contributed by atoms with Crippen LogP contribution in [0.15, 0.2) is 53.3 Å². The smallest absolute Gasteiger partial charge is 0.254 e. The fourth-order valence-corrected chi connectivity index (χ4v) is 1.91. The lowest BCUT2D eigenvalue weighted by atomic mass is 10.2. The average molecular weight is 305 g/mol. The molecule has 4 heteroatoms. The van der Waals surface area contributed by atoms with E-state index >= 15 is 0 Å². The van der Waals surface area contributed by atoms with Crippen molar-refractivity contribution in [3.63, 3.8) is 0 Å². The van der Waals surface area contributed by atoms with Gasteiger partial charge in [-0.3, -0.25) is 9.78 Å². The highest BCUT2D eigenvalue weighted by Gasteiger charge is 2.11. The van der Waals surface area contributed by atoms with Crippen molar-refractivity contribution in [3.8, 4) is 0 Å². The predicted molar refractivity (Wildman–Crippen MR) is 74.2 cm³/mol. The Labute approximate surface area is 115 Å². The lowest BCUT2D eigenvalue weighted by Crippen LogP contribution is -2.26. The van der Waals surface area contributed by atoms with Gasteiger partial charge >= 0.3 is 0 Å². The lowest BCUT2D eigenvalue weighted by Gasteiger charge is -2.17. The Morgan fingerprint density at radius 1 is 1.17 bits per heavy atom. The summed E-state index contributed by atoms with van der Waals surface area (Å²) in [7, 11) is 1.80. The van der Waals surface area contributed by atoms with Gasteiger partial charge in [-0.2, -0.15) is 0 Å². The number of nitrogens with zero attached hydrogens (tertiary/aromatic N) is 2. The van der Waals surface area contributed by atoms with Crippen LogP contribution in [-0.4, -0.2) is 22.8 Å². The molecule has 2 aromatic rings. The standard InChI is InChI=1S/C14H13BrN2O/c1-17(10-11-2-4-13(15)5-3-11)14(18)12-6-8-16-9-7-12/h2-9H,10H2,1H3. The van der Waals surface area contributed by atoms with Gasteiger partial charge in [-0.05, 0) is 29.8 Å². The summed E-state index contributed by atoms with van der Waals surface area (Å²) in [5.74, 6) is 0.000295. The van der Waals surface area contributed by atoms with Gasteiger partial charge in [-0.25, -0.2) is 0 Å². The van der Waals surface area contributed by atoms with Gasteiger partial charge in [0.15, 0.2) is 0 Å². The number of carbonyl (C=O) groups excluding carboxylic acids is 1. The first-order chi connectivity index (χ1) is 8.66. The molecule has 0 saturated carbocycles. The predicted octanol–water partition coefficient (Wildman–Crippen LogP) is 3.12. The number of halogens is 1. The van der Waals surface area contributed by atoms with Crippen molar-refractivity contribution in [2.24, 2.45) is 0 Å². The van der Waals surface area contributed by atoms with E-state index in [1.54, 1.807) is 36.5 Å². The van der Waals surface area contributed by atoms with Gasteiger partial charge in [0, 0.05) is 36.0 Å². The fourth-order valence-electron chi connectivity index (χ4n) is 1.65. The Balaban J connectivity index is 2.06. The van der Waals surface area contributed by atoms with Crippen LogP contribution in [0.25, 0.3) is 0 Å². The average Bonchev–Trinajstić information content (AvgIpc) is 2.41. The summed E-state index contributed by atoms with van der Waals surface area (Å²) >= 11 is 3.39. The maximum absolute atomic E-state index is 12.1. The van der Waals surface area contributed by atoms with Crippen LogP contribution in [-0.2, 0) is 6.54 Å². The van der Waals surface area contributed by atoms with Crippen LogP contribution < -0.4 is 0 Å². The summed E-state index contributed by atoms with van der Waals surface area (Å²) in [5.41, 5.74) is 1.76. The van der Waals surface area contributed by atoms with E-state index < -0.39 is 0 Å². The molecule has 0 spiro atoms. The van der Waals surface area contributed by atoms with Crippen LogP contribution in [0.1, 0.15) is 15.9 Å². The maximum atomic E-state index is 12.1. The van der Waals surface area contributed by atoms with Crippen molar-refractivity contribution in [1.29, 1.82) is 0 Å². The molecule has 0 N–H and O–H groups in total. The van der Waals surface area contributed by atoms with Crippen LogP contribution >= 0.6 is 15.9 Å². The van der Waals surface area contributed by atoms with E-state index in [2.05, 4.69) is 20.9 Å². The van der Waals surface area contributed by atoms with E-state index in [1.807, 2.05) is 24.3 Å². The Kier molecular flexibility index (Phi) is 4.10. The van der Waals surface area contributed by atoms with E-state index in [-0.39, 0.29) is 5.91 Å². The first-order valence-electron chi connectivity index (χ1n) is 5.57. The molecule has 2 rings (SSSR count). The SMILES string of the molecule is CN(Cc1ccc(Br)cc1)C(=O)c1ccncc1. The molecule has 3 nitrogen and oxygen atoms in total. The lowest BCUT2D eigenvalue weighted by molar-refractivity contribution is 0.0785. The van der Waals surface area contributed by atoms with Gasteiger partial charge in [-0.15, -0.1) is 0 Å². The van der Waals surface area contributed by atoms with Crippen LogP contribution in [0.5, 0.6) is 0 Å². The third-order valence-electron chi connectivity index (χ3n) is 2.61. The van der Waals surface area contributed by atoms with Crippen molar-refractivity contribution >= 4 is 21.8 Å². The van der Waals surface area contributed by atoms with Crippen LogP contribution in [0.2, 0.25) is 0 Å². The molecule has 18 heavy (non-hydrogen) atoms. The molecule has 0 atom stereocenters. The zero-order valence-corrected chi connectivity index (χ0v) is 11.6. The molecule has 0 unspecified atom stereocenters. The minimum Gasteiger partial charge on any atom is -0.337 e. The zero-order chi connectivity index (χ0) is 13.0. The Bertz CT molecular complexity index is 525. The van der Waals surface area contributed by atoms with Gasteiger partial charge in [0.1, 0.15) is 0 Å². The number of pyridine rings is 1. The second-order valence-electron chi connectivity index (χ2n) is 4.02. The van der Waals surface area contributed by atoms with Crippen LogP contribution in [0.4, 0.5) is 0 Å². The van der Waals surface area contributed by atoms with E-state index in [4.69, 9.17) is 0 Å². The molecule has 1 aromatic heterocycles. The van der Waals surface area contributed by atoms with Gasteiger partial charge in [0.05, 0.1) is 0 Å². The Hall–Kier alpha value is -1.68. The number of carbonyl (C=O) groups is 1. The van der Waals surface area contributed by atoms with Crippen molar-refractivity contribution in [2.45, 2.75) is 6.54 Å². The molecule has 0 bridgehead atoms. The first kappa shape index (κ1) is 12.8. The summed E-state index contributed by atoms with van der Waals surface area (Å²) in [6, 6.07) is 11.4. The molecule has 0 aliphatic heterocycles. The van der Waals surface area contributed by atoms with Gasteiger partial charge in [-0.1, -0.05) is 28.1 Å². The molecule has 1 heterocycles. The maximum Gasteiger partial charge on any atom is 0.254 e. The highest BCUT2D eigenvalue weighted by molar-refractivity contribution is 9.10. The summed E-state index contributed by atoms with van der Waals surface area (Å²) < 4.78 is 1.04. The van der Waals surface area contributed by atoms with Gasteiger partial charge in [0.2, 0.25) is 0 Å². The fraction of sp³-hybridized carbons (Fsp3) is 0.143. The Morgan fingerprint density at radius 3 is 2.39 bits per heavy atom. The molecule has 0 saturated heterocycles. The third kappa shape index (κ3) is 3.17. The Morgan fingerprint density at radius 2 is 1.78 bits per heavy atom. The second kappa shape index (κ2) is 5.78. The van der Waals surface area contributed by atoms with Crippen molar-refractivity contribution in [1.82, 2.24) is 9.88 Å². The quantitative estimate of drug-likeness (QED) is 0.873. The number of amides is 1. The highest BCUT2D eigenvalue weighted by Crippen LogP contribution is 2.12. The summed E-state index contributed by atoms with van der Waals surface area (Å²) in [6.45, 7) is 0.592. The summed E-state index contributed by atoms with van der Waals surface area (Å²) in [4.78, 5) is 17.7. The van der Waals surface area contributed by atoms with Crippen molar-refractivity contribution in [2.75, 3.05) is 7.05 Å². The van der Waals surface area contributed by atoms with E-state index in [1.165, 1.54) is 0 Å². The second-order valence-corrected chi connectivity index (χ2v) is 4.94. The topological polar surface area (TPSA) is 33.2 Å². The van der Waals surface area contributed by atoms with Gasteiger partial charge < -0.3 is 4.90 Å². The molecule has 0 fully saturated rings. The molecule has 92 valence electrons. The van der Waals surface area contributed by atoms with Crippen LogP contribution in [0, 0.1) is 0 Å². The van der Waals surface area contributed by atoms with Crippen LogP contribution in [0.3, 0.4) is 0 Å². The molecular weight excluding hydrogens is 292 g/mol. The molecular formula is C14H13BrN2O. The van der Waals surface area contributed by atoms with Crippen molar-refractivity contribution < 1.29 is 4.79 Å². The van der Waals surface area contributed by atoms with E-state index in [0.29, 0.717) is 12.1 Å².